The van der Waals surface area contributed by atoms with Crippen LogP contribution in [0.2, 0.25) is 0 Å². The second-order valence-electron chi connectivity index (χ2n) is 6.12. The van der Waals surface area contributed by atoms with Gasteiger partial charge in [0.15, 0.2) is 0 Å². The number of anilines is 1. The highest BCUT2D eigenvalue weighted by Gasteiger charge is 2.19. The lowest BCUT2D eigenvalue weighted by Gasteiger charge is -2.13. The molecule has 7 nitrogen and oxygen atoms in total. The molecule has 27 heavy (non-hydrogen) atoms. The van der Waals surface area contributed by atoms with Gasteiger partial charge in [0, 0.05) is 23.5 Å². The van der Waals surface area contributed by atoms with Crippen molar-refractivity contribution in [2.45, 2.75) is 24.3 Å². The van der Waals surface area contributed by atoms with Crippen molar-refractivity contribution in [3.63, 3.8) is 0 Å². The Morgan fingerprint density at radius 2 is 1.85 bits per heavy atom. The molecule has 0 saturated carbocycles. The van der Waals surface area contributed by atoms with E-state index in [-0.39, 0.29) is 10.9 Å². The molecule has 3 aromatic rings. The molecule has 0 aliphatic rings. The topological polar surface area (TPSA) is 97.6 Å². The Morgan fingerprint density at radius 3 is 2.52 bits per heavy atom. The number of sulfonamides is 1. The largest absolute Gasteiger partial charge is 0.461 e. The number of carbonyl (C=O) groups excluding carboxylic acids is 1. The van der Waals surface area contributed by atoms with Gasteiger partial charge in [-0.15, -0.1) is 0 Å². The molecule has 142 valence electrons. The fourth-order valence-corrected chi connectivity index (χ4v) is 3.94. The van der Waals surface area contributed by atoms with Crippen LogP contribution in [0, 0.1) is 0 Å². The van der Waals surface area contributed by atoms with Crippen LogP contribution in [-0.2, 0) is 21.2 Å². The van der Waals surface area contributed by atoms with Gasteiger partial charge in [-0.2, -0.15) is 0 Å². The summed E-state index contributed by atoms with van der Waals surface area (Å²) in [6.45, 7) is 1.78. The van der Waals surface area contributed by atoms with E-state index in [1.807, 2.05) is 30.3 Å². The number of furan rings is 1. The van der Waals surface area contributed by atoms with E-state index in [1.54, 1.807) is 6.92 Å². The van der Waals surface area contributed by atoms with Crippen molar-refractivity contribution in [3.8, 4) is 0 Å². The molecule has 0 spiro atoms. The summed E-state index contributed by atoms with van der Waals surface area (Å²) in [6, 6.07) is 15.0. The van der Waals surface area contributed by atoms with E-state index < -0.39 is 16.1 Å². The Morgan fingerprint density at radius 1 is 1.15 bits per heavy atom. The monoisotopic (exact) mass is 388 g/mol. The van der Waals surface area contributed by atoms with Gasteiger partial charge in [-0.1, -0.05) is 18.2 Å². The highest BCUT2D eigenvalue weighted by atomic mass is 32.2. The average molecular weight is 388 g/mol. The summed E-state index contributed by atoms with van der Waals surface area (Å²) in [7, 11) is -2.44. The first kappa shape index (κ1) is 18.9. The van der Waals surface area contributed by atoms with Gasteiger partial charge in [0.1, 0.15) is 11.3 Å². The van der Waals surface area contributed by atoms with Gasteiger partial charge in [0.25, 0.3) is 0 Å². The number of hydrogen-bond acceptors (Lipinski definition) is 5. The van der Waals surface area contributed by atoms with Gasteiger partial charge in [-0.05, 0) is 43.3 Å². The maximum absolute atomic E-state index is 12.5. The van der Waals surface area contributed by atoms with Gasteiger partial charge in [0.2, 0.25) is 10.0 Å². The highest BCUT2D eigenvalue weighted by molar-refractivity contribution is 7.89. The van der Waals surface area contributed by atoms with Gasteiger partial charge in [-0.25, -0.2) is 17.9 Å². The Labute approximate surface area is 157 Å². The third-order valence-electron chi connectivity index (χ3n) is 3.94. The molecule has 0 unspecified atom stereocenters. The highest BCUT2D eigenvalue weighted by Crippen LogP contribution is 2.20. The number of nitrogens with one attached hydrogen (secondary N) is 2. The van der Waals surface area contributed by atoms with Crippen molar-refractivity contribution in [2.24, 2.45) is 0 Å². The van der Waals surface area contributed by atoms with Crippen molar-refractivity contribution >= 4 is 32.8 Å². The lowest BCUT2D eigenvalue weighted by atomic mass is 10.2. The minimum absolute atomic E-state index is 0.106. The summed E-state index contributed by atoms with van der Waals surface area (Å²) in [4.78, 5) is 11.3. The number of para-hydroxylation sites is 1. The summed E-state index contributed by atoms with van der Waals surface area (Å²) in [6.07, 6.45) is -0.196. The van der Waals surface area contributed by atoms with Crippen LogP contribution < -0.4 is 10.0 Å². The number of rotatable bonds is 6. The quantitative estimate of drug-likeness (QED) is 0.673. The number of carbonyl (C=O) groups is 1. The smallest absolute Gasteiger partial charge is 0.411 e. The zero-order valence-corrected chi connectivity index (χ0v) is 15.7. The standard InChI is InChI=1S/C19H20N2O5S/c1-13(11-16-12-14-5-3-4-6-18(14)26-16)21-27(23,24)17-9-7-15(8-10-17)20-19(22)25-2/h3-10,12-13,21H,11H2,1-2H3,(H,20,22)/t13-/m1/s1. The first-order valence-corrected chi connectivity index (χ1v) is 9.80. The molecule has 2 N–H and O–H groups in total. The minimum Gasteiger partial charge on any atom is -0.461 e. The molecule has 0 aliphatic carbocycles. The number of hydrogen-bond donors (Lipinski definition) is 2. The molecule has 3 rings (SSSR count). The maximum atomic E-state index is 12.5. The van der Waals surface area contributed by atoms with Crippen molar-refractivity contribution < 1.29 is 22.4 Å². The Bertz CT molecular complexity index is 1010. The van der Waals surface area contributed by atoms with Crippen LogP contribution in [0.15, 0.2) is 63.9 Å². The van der Waals surface area contributed by atoms with Crippen LogP contribution in [0.1, 0.15) is 12.7 Å². The van der Waals surface area contributed by atoms with Crippen molar-refractivity contribution in [1.29, 1.82) is 0 Å². The summed E-state index contributed by atoms with van der Waals surface area (Å²) in [5, 5.41) is 3.45. The molecule has 2 aromatic carbocycles. The molecule has 1 atom stereocenters. The van der Waals surface area contributed by atoms with Crippen LogP contribution in [-0.4, -0.2) is 27.7 Å². The van der Waals surface area contributed by atoms with Gasteiger partial charge >= 0.3 is 6.09 Å². The number of fused-ring (bicyclic) bond motifs is 1. The van der Waals surface area contributed by atoms with Crippen molar-refractivity contribution in [2.75, 3.05) is 12.4 Å². The van der Waals surface area contributed by atoms with Gasteiger partial charge in [0.05, 0.1) is 12.0 Å². The number of benzene rings is 2. The fraction of sp³-hybridized carbons (Fsp3) is 0.211. The predicted molar refractivity (Wildman–Crippen MR) is 102 cm³/mol. The zero-order valence-electron chi connectivity index (χ0n) is 14.9. The number of methoxy groups -OCH3 is 1. The molecule has 1 amide bonds. The summed E-state index contributed by atoms with van der Waals surface area (Å²) < 4.78 is 37.9. The maximum Gasteiger partial charge on any atom is 0.411 e. The predicted octanol–water partition coefficient (Wildman–Crippen LogP) is 3.52. The molecule has 0 radical (unpaired) electrons. The molecule has 1 aromatic heterocycles. The van der Waals surface area contributed by atoms with E-state index in [0.717, 1.165) is 11.0 Å². The van der Waals surface area contributed by atoms with E-state index in [2.05, 4.69) is 14.8 Å². The third-order valence-corrected chi connectivity index (χ3v) is 5.54. The van der Waals surface area contributed by atoms with E-state index in [1.165, 1.54) is 31.4 Å². The van der Waals surface area contributed by atoms with Crippen LogP contribution in [0.3, 0.4) is 0 Å². The molecular weight excluding hydrogens is 368 g/mol. The minimum atomic E-state index is -3.70. The zero-order chi connectivity index (χ0) is 19.4. The van der Waals surface area contributed by atoms with Gasteiger partial charge < -0.3 is 9.15 Å². The Balaban J connectivity index is 1.66. The molecule has 0 bridgehead atoms. The van der Waals surface area contributed by atoms with Crippen molar-refractivity contribution in [1.82, 2.24) is 4.72 Å². The molecule has 0 fully saturated rings. The van der Waals surface area contributed by atoms with Gasteiger partial charge in [-0.3, -0.25) is 5.32 Å². The SMILES string of the molecule is COC(=O)Nc1ccc(S(=O)(=O)N[C@H](C)Cc2cc3ccccc3o2)cc1. The Kier molecular flexibility index (Phi) is 5.48. The normalized spacial score (nSPS) is 12.7. The van der Waals surface area contributed by atoms with Crippen LogP contribution in [0.25, 0.3) is 11.0 Å². The molecule has 0 saturated heterocycles. The first-order valence-electron chi connectivity index (χ1n) is 8.32. The van der Waals surface area contributed by atoms with Crippen molar-refractivity contribution in [3.05, 3.63) is 60.4 Å². The second kappa shape index (κ2) is 7.81. The first-order chi connectivity index (χ1) is 12.9. The number of amides is 1. The van der Waals surface area contributed by atoms with Crippen LogP contribution in [0.5, 0.6) is 0 Å². The Hall–Kier alpha value is -2.84. The molecule has 0 aliphatic heterocycles. The van der Waals surface area contributed by atoms with E-state index in [9.17, 15) is 13.2 Å². The van der Waals surface area contributed by atoms with Crippen LogP contribution >= 0.6 is 0 Å². The molecule has 8 heteroatoms. The van der Waals surface area contributed by atoms with E-state index in [0.29, 0.717) is 17.9 Å². The lowest BCUT2D eigenvalue weighted by Crippen LogP contribution is -2.34. The fourth-order valence-electron chi connectivity index (χ4n) is 2.70. The molecule has 1 heterocycles. The van der Waals surface area contributed by atoms with Crippen LogP contribution in [0.4, 0.5) is 10.5 Å². The van der Waals surface area contributed by atoms with E-state index in [4.69, 9.17) is 4.42 Å². The lowest BCUT2D eigenvalue weighted by molar-refractivity contribution is 0.187. The third kappa shape index (κ3) is 4.66. The average Bonchev–Trinajstić information content (AvgIpc) is 3.03. The molecular formula is C19H20N2O5S. The number of ether oxygens (including phenoxy) is 1. The summed E-state index contributed by atoms with van der Waals surface area (Å²) in [5.74, 6) is 0.712. The summed E-state index contributed by atoms with van der Waals surface area (Å²) in [5.41, 5.74) is 1.22. The van der Waals surface area contributed by atoms with E-state index >= 15 is 0 Å². The second-order valence-corrected chi connectivity index (χ2v) is 7.83. The summed E-state index contributed by atoms with van der Waals surface area (Å²) >= 11 is 0.